The van der Waals surface area contributed by atoms with Crippen LogP contribution < -0.4 is 0 Å². The molecule has 0 atom stereocenters. The molecule has 0 aliphatic carbocycles. The van der Waals surface area contributed by atoms with Gasteiger partial charge in [-0.25, -0.2) is 0 Å². The second-order valence-electron chi connectivity index (χ2n) is 6.23. The fourth-order valence-corrected chi connectivity index (χ4v) is 2.73. The van der Waals surface area contributed by atoms with Gasteiger partial charge in [-0.2, -0.15) is 0 Å². The monoisotopic (exact) mass is 303 g/mol. The zero-order chi connectivity index (χ0) is 16.2. The Morgan fingerprint density at radius 2 is 1.45 bits per heavy atom. The van der Waals surface area contributed by atoms with E-state index < -0.39 is 0 Å². The molecule has 0 unspecified atom stereocenters. The molecule has 2 nitrogen and oxygen atoms in total. The number of aryl methyl sites for hydroxylation is 1. The van der Waals surface area contributed by atoms with Crippen molar-refractivity contribution in [3.63, 3.8) is 0 Å². The average molecular weight is 303 g/mol. The average Bonchev–Trinajstić information content (AvgIpc) is 2.53. The van der Waals surface area contributed by atoms with Gasteiger partial charge in [0, 0.05) is 18.7 Å². The van der Waals surface area contributed by atoms with Gasteiger partial charge in [-0.1, -0.05) is 70.6 Å². The molecule has 0 spiro atoms. The highest BCUT2D eigenvalue weighted by molar-refractivity contribution is 5.95. The molecule has 1 aromatic rings. The summed E-state index contributed by atoms with van der Waals surface area (Å²) in [6.07, 6.45) is 9.84. The van der Waals surface area contributed by atoms with Crippen LogP contribution in [0.3, 0.4) is 0 Å². The molecule has 0 heterocycles. The van der Waals surface area contributed by atoms with Crippen molar-refractivity contribution in [2.45, 2.75) is 72.1 Å². The third-order valence-corrected chi connectivity index (χ3v) is 4.23. The number of benzene rings is 1. The van der Waals surface area contributed by atoms with Crippen LogP contribution in [0.25, 0.3) is 0 Å². The molecule has 0 fully saturated rings. The van der Waals surface area contributed by atoms with Crippen molar-refractivity contribution >= 4 is 5.91 Å². The summed E-state index contributed by atoms with van der Waals surface area (Å²) in [4.78, 5) is 14.8. The molecule has 0 aromatic heterocycles. The van der Waals surface area contributed by atoms with E-state index in [0.29, 0.717) is 0 Å². The number of carbonyl (C=O) groups excluding carboxylic acids is 1. The molecule has 2 heteroatoms. The minimum absolute atomic E-state index is 0.208. The van der Waals surface area contributed by atoms with E-state index in [2.05, 4.69) is 18.7 Å². The van der Waals surface area contributed by atoms with Crippen molar-refractivity contribution in [3.8, 4) is 0 Å². The third kappa shape index (κ3) is 6.64. The normalized spacial score (nSPS) is 10.7. The van der Waals surface area contributed by atoms with Crippen molar-refractivity contribution in [2.75, 3.05) is 13.1 Å². The van der Waals surface area contributed by atoms with Gasteiger partial charge in [-0.05, 0) is 31.4 Å². The molecule has 0 N–H and O–H groups in total. The number of nitrogens with zero attached hydrogens (tertiary/aromatic N) is 1. The van der Waals surface area contributed by atoms with E-state index in [4.69, 9.17) is 0 Å². The standard InChI is InChI=1S/C20H33NO/c1-4-6-8-9-10-13-17-21(16-7-5-2)20(22)19-15-12-11-14-18(19)3/h11-12,14-15H,4-10,13,16-17H2,1-3H3. The summed E-state index contributed by atoms with van der Waals surface area (Å²) in [5, 5.41) is 0. The topological polar surface area (TPSA) is 20.3 Å². The maximum Gasteiger partial charge on any atom is 0.254 e. The minimum atomic E-state index is 0.208. The van der Waals surface area contributed by atoms with Gasteiger partial charge in [0.05, 0.1) is 0 Å². The summed E-state index contributed by atoms with van der Waals surface area (Å²) in [7, 11) is 0. The summed E-state index contributed by atoms with van der Waals surface area (Å²) in [6, 6.07) is 7.94. The maximum absolute atomic E-state index is 12.8. The van der Waals surface area contributed by atoms with Crippen molar-refractivity contribution in [1.82, 2.24) is 4.90 Å². The van der Waals surface area contributed by atoms with Gasteiger partial charge in [0.25, 0.3) is 5.91 Å². The Kier molecular flexibility index (Phi) is 9.61. The van der Waals surface area contributed by atoms with Gasteiger partial charge in [0.2, 0.25) is 0 Å². The molecular formula is C20H33NO. The van der Waals surface area contributed by atoms with Crippen LogP contribution in [0.15, 0.2) is 24.3 Å². The van der Waals surface area contributed by atoms with Crippen LogP contribution >= 0.6 is 0 Å². The Hall–Kier alpha value is -1.31. The predicted octanol–water partition coefficient (Wildman–Crippen LogP) is 5.60. The van der Waals surface area contributed by atoms with Crippen LogP contribution in [0.5, 0.6) is 0 Å². The molecule has 1 aromatic carbocycles. The van der Waals surface area contributed by atoms with Gasteiger partial charge >= 0.3 is 0 Å². The van der Waals surface area contributed by atoms with Gasteiger partial charge in [0.15, 0.2) is 0 Å². The molecule has 22 heavy (non-hydrogen) atoms. The second kappa shape index (κ2) is 11.3. The highest BCUT2D eigenvalue weighted by atomic mass is 16.2. The highest BCUT2D eigenvalue weighted by Gasteiger charge is 2.16. The summed E-state index contributed by atoms with van der Waals surface area (Å²) in [5.41, 5.74) is 1.95. The van der Waals surface area contributed by atoms with E-state index in [0.717, 1.165) is 43.5 Å². The Morgan fingerprint density at radius 1 is 0.864 bits per heavy atom. The lowest BCUT2D eigenvalue weighted by molar-refractivity contribution is 0.0749. The van der Waals surface area contributed by atoms with Gasteiger partial charge in [-0.15, -0.1) is 0 Å². The maximum atomic E-state index is 12.8. The van der Waals surface area contributed by atoms with Crippen LogP contribution in [0, 0.1) is 6.92 Å². The van der Waals surface area contributed by atoms with Crippen LogP contribution in [-0.4, -0.2) is 23.9 Å². The molecule has 124 valence electrons. The number of amides is 1. The first-order chi connectivity index (χ1) is 10.7. The van der Waals surface area contributed by atoms with E-state index in [1.807, 2.05) is 31.2 Å². The smallest absolute Gasteiger partial charge is 0.254 e. The number of hydrogen-bond donors (Lipinski definition) is 0. The summed E-state index contributed by atoms with van der Waals surface area (Å²) >= 11 is 0. The Bertz CT molecular complexity index is 427. The van der Waals surface area contributed by atoms with Crippen molar-refractivity contribution in [1.29, 1.82) is 0 Å². The Labute approximate surface area is 136 Å². The number of carbonyl (C=O) groups is 1. The van der Waals surface area contributed by atoms with E-state index in [1.165, 1.54) is 32.1 Å². The number of unbranched alkanes of at least 4 members (excludes halogenated alkanes) is 6. The van der Waals surface area contributed by atoms with Gasteiger partial charge in [0.1, 0.15) is 0 Å². The minimum Gasteiger partial charge on any atom is -0.339 e. The van der Waals surface area contributed by atoms with Crippen LogP contribution in [0.4, 0.5) is 0 Å². The van der Waals surface area contributed by atoms with Crippen molar-refractivity contribution in [3.05, 3.63) is 35.4 Å². The van der Waals surface area contributed by atoms with E-state index >= 15 is 0 Å². The second-order valence-corrected chi connectivity index (χ2v) is 6.23. The van der Waals surface area contributed by atoms with E-state index in [-0.39, 0.29) is 5.91 Å². The van der Waals surface area contributed by atoms with Crippen LogP contribution in [0.2, 0.25) is 0 Å². The fraction of sp³-hybridized carbons (Fsp3) is 0.650. The fourth-order valence-electron chi connectivity index (χ4n) is 2.73. The van der Waals surface area contributed by atoms with E-state index in [9.17, 15) is 4.79 Å². The van der Waals surface area contributed by atoms with Crippen molar-refractivity contribution in [2.24, 2.45) is 0 Å². The lowest BCUT2D eigenvalue weighted by Crippen LogP contribution is -2.33. The quantitative estimate of drug-likeness (QED) is 0.487. The Balaban J connectivity index is 2.52. The molecule has 0 aliphatic heterocycles. The summed E-state index contributed by atoms with van der Waals surface area (Å²) in [6.45, 7) is 8.24. The largest absolute Gasteiger partial charge is 0.339 e. The first-order valence-electron chi connectivity index (χ1n) is 9.05. The Morgan fingerprint density at radius 3 is 2.14 bits per heavy atom. The molecule has 1 amide bonds. The van der Waals surface area contributed by atoms with Gasteiger partial charge in [-0.3, -0.25) is 4.79 Å². The van der Waals surface area contributed by atoms with Crippen molar-refractivity contribution < 1.29 is 4.79 Å². The van der Waals surface area contributed by atoms with Gasteiger partial charge < -0.3 is 4.90 Å². The lowest BCUT2D eigenvalue weighted by Gasteiger charge is -2.23. The molecule has 0 saturated heterocycles. The zero-order valence-electron chi connectivity index (χ0n) is 14.7. The summed E-state index contributed by atoms with van der Waals surface area (Å²) in [5.74, 6) is 0.208. The summed E-state index contributed by atoms with van der Waals surface area (Å²) < 4.78 is 0. The molecule has 1 rings (SSSR count). The zero-order valence-corrected chi connectivity index (χ0v) is 14.7. The molecular weight excluding hydrogens is 270 g/mol. The lowest BCUT2D eigenvalue weighted by atomic mass is 10.1. The molecule has 0 bridgehead atoms. The predicted molar refractivity (Wildman–Crippen MR) is 95.4 cm³/mol. The number of hydrogen-bond acceptors (Lipinski definition) is 1. The molecule has 0 radical (unpaired) electrons. The molecule has 0 aliphatic rings. The molecule has 0 saturated carbocycles. The highest BCUT2D eigenvalue weighted by Crippen LogP contribution is 2.13. The first kappa shape index (κ1) is 18.7. The van der Waals surface area contributed by atoms with E-state index in [1.54, 1.807) is 0 Å². The first-order valence-corrected chi connectivity index (χ1v) is 9.05. The third-order valence-electron chi connectivity index (χ3n) is 4.23. The SMILES string of the molecule is CCCCCCCCN(CCCC)C(=O)c1ccccc1C. The van der Waals surface area contributed by atoms with Crippen LogP contribution in [0.1, 0.15) is 81.1 Å². The number of rotatable bonds is 11. The van der Waals surface area contributed by atoms with Crippen LogP contribution in [-0.2, 0) is 0 Å².